The Kier molecular flexibility index (Phi) is 3.83. The first-order chi connectivity index (χ1) is 8.89. The number of aromatic nitrogens is 4. The first-order valence-electron chi connectivity index (χ1n) is 5.35. The summed E-state index contributed by atoms with van der Waals surface area (Å²) in [7, 11) is -2.18. The number of pyridine rings is 1. The molecule has 2 aromatic heterocycles. The number of H-pyrrole nitrogens is 1. The minimum atomic E-state index is -3.64. The first-order valence-corrected chi connectivity index (χ1v) is 7.17. The highest BCUT2D eigenvalue weighted by atomic mass is 35.5. The van der Waals surface area contributed by atoms with Gasteiger partial charge in [-0.05, 0) is 19.1 Å². The number of sulfonamides is 1. The molecule has 0 aliphatic rings. The number of rotatable bonds is 4. The summed E-state index contributed by atoms with van der Waals surface area (Å²) < 4.78 is 25.7. The number of nitrogens with one attached hydrogen (secondary N) is 1. The van der Waals surface area contributed by atoms with Gasteiger partial charge in [0.05, 0.1) is 11.4 Å². The largest absolute Gasteiger partial charge is 0.263 e. The molecule has 2 rings (SSSR count). The minimum absolute atomic E-state index is 0.0760. The van der Waals surface area contributed by atoms with Crippen molar-refractivity contribution in [1.82, 2.24) is 24.5 Å². The maximum Gasteiger partial charge on any atom is 0.243 e. The van der Waals surface area contributed by atoms with Gasteiger partial charge in [0.25, 0.3) is 0 Å². The SMILES string of the molecule is Cc1nc(CN(C)S(=O)(=O)c2ccnc(Cl)c2)n[nH]1. The van der Waals surface area contributed by atoms with Crippen LogP contribution in [0.1, 0.15) is 11.6 Å². The molecule has 0 saturated heterocycles. The predicted octanol–water partition coefficient (Wildman–Crippen LogP) is 0.982. The highest BCUT2D eigenvalue weighted by molar-refractivity contribution is 7.89. The van der Waals surface area contributed by atoms with Gasteiger partial charge in [-0.2, -0.15) is 9.40 Å². The second-order valence-corrected chi connectivity index (χ2v) is 6.34. The predicted molar refractivity (Wildman–Crippen MR) is 69.0 cm³/mol. The fraction of sp³-hybridized carbons (Fsp3) is 0.300. The van der Waals surface area contributed by atoms with Crippen LogP contribution >= 0.6 is 11.6 Å². The van der Waals surface area contributed by atoms with Crippen LogP contribution in [0.25, 0.3) is 0 Å². The molecule has 1 N–H and O–H groups in total. The van der Waals surface area contributed by atoms with Crippen molar-refractivity contribution in [2.75, 3.05) is 7.05 Å². The van der Waals surface area contributed by atoms with Crippen LogP contribution in [0.3, 0.4) is 0 Å². The number of hydrogen-bond acceptors (Lipinski definition) is 5. The fourth-order valence-electron chi connectivity index (χ4n) is 1.47. The zero-order valence-electron chi connectivity index (χ0n) is 10.3. The van der Waals surface area contributed by atoms with Gasteiger partial charge in [-0.1, -0.05) is 11.6 Å². The summed E-state index contributed by atoms with van der Waals surface area (Å²) in [5.74, 6) is 1.04. The zero-order chi connectivity index (χ0) is 14.0. The molecule has 0 aromatic carbocycles. The molecule has 0 amide bonds. The molecule has 0 fully saturated rings. The van der Waals surface area contributed by atoms with Crippen molar-refractivity contribution in [3.8, 4) is 0 Å². The highest BCUT2D eigenvalue weighted by Gasteiger charge is 2.22. The Morgan fingerprint density at radius 1 is 1.47 bits per heavy atom. The van der Waals surface area contributed by atoms with Gasteiger partial charge >= 0.3 is 0 Å². The van der Waals surface area contributed by atoms with Crippen molar-refractivity contribution in [1.29, 1.82) is 0 Å². The Balaban J connectivity index is 2.24. The lowest BCUT2D eigenvalue weighted by molar-refractivity contribution is 0.457. The molecular weight excluding hydrogens is 290 g/mol. The van der Waals surface area contributed by atoms with Crippen LogP contribution in [0.5, 0.6) is 0 Å². The molecule has 9 heteroatoms. The normalized spacial score (nSPS) is 12.0. The van der Waals surface area contributed by atoms with Gasteiger partial charge in [0.2, 0.25) is 10.0 Å². The smallest absolute Gasteiger partial charge is 0.243 e. The minimum Gasteiger partial charge on any atom is -0.263 e. The molecule has 0 radical (unpaired) electrons. The van der Waals surface area contributed by atoms with E-state index in [9.17, 15) is 8.42 Å². The summed E-state index contributed by atoms with van der Waals surface area (Å²) in [6.07, 6.45) is 1.35. The summed E-state index contributed by atoms with van der Waals surface area (Å²) in [6.45, 7) is 1.82. The molecule has 0 unspecified atom stereocenters. The van der Waals surface area contributed by atoms with E-state index >= 15 is 0 Å². The monoisotopic (exact) mass is 301 g/mol. The number of nitrogens with zero attached hydrogens (tertiary/aromatic N) is 4. The van der Waals surface area contributed by atoms with E-state index in [1.165, 1.54) is 25.4 Å². The molecule has 7 nitrogen and oxygen atoms in total. The standard InChI is InChI=1S/C10H12ClN5O2S/c1-7-13-10(15-14-7)6-16(2)19(17,18)8-3-4-12-9(11)5-8/h3-5H,6H2,1-2H3,(H,13,14,15). The third kappa shape index (κ3) is 3.09. The van der Waals surface area contributed by atoms with E-state index in [-0.39, 0.29) is 16.6 Å². The van der Waals surface area contributed by atoms with Crippen LogP contribution in [-0.4, -0.2) is 39.9 Å². The van der Waals surface area contributed by atoms with Gasteiger partial charge in [0, 0.05) is 13.2 Å². The Morgan fingerprint density at radius 3 is 2.79 bits per heavy atom. The highest BCUT2D eigenvalue weighted by Crippen LogP contribution is 2.17. The molecule has 0 saturated carbocycles. The van der Waals surface area contributed by atoms with E-state index in [0.717, 1.165) is 4.31 Å². The average molecular weight is 302 g/mol. The van der Waals surface area contributed by atoms with Crippen molar-refractivity contribution in [2.24, 2.45) is 0 Å². The summed E-state index contributed by atoms with van der Waals surface area (Å²) in [5.41, 5.74) is 0. The summed E-state index contributed by atoms with van der Waals surface area (Å²) in [4.78, 5) is 7.90. The molecule has 0 atom stereocenters. The molecule has 19 heavy (non-hydrogen) atoms. The molecule has 102 valence electrons. The first kappa shape index (κ1) is 13.9. The quantitative estimate of drug-likeness (QED) is 0.850. The Morgan fingerprint density at radius 2 is 2.21 bits per heavy atom. The number of aromatic amines is 1. The van der Waals surface area contributed by atoms with Crippen LogP contribution < -0.4 is 0 Å². The molecular formula is C10H12ClN5O2S. The topological polar surface area (TPSA) is 91.8 Å². The molecule has 2 aromatic rings. The van der Waals surface area contributed by atoms with Crippen molar-refractivity contribution in [3.05, 3.63) is 35.1 Å². The third-order valence-corrected chi connectivity index (χ3v) is 4.42. The summed E-state index contributed by atoms with van der Waals surface area (Å²) in [5, 5.41) is 6.69. The van der Waals surface area contributed by atoms with Gasteiger partial charge in [-0.3, -0.25) is 5.10 Å². The van der Waals surface area contributed by atoms with Crippen molar-refractivity contribution in [3.63, 3.8) is 0 Å². The Bertz CT molecular complexity index is 685. The lowest BCUT2D eigenvalue weighted by Crippen LogP contribution is -2.27. The zero-order valence-corrected chi connectivity index (χ0v) is 11.9. The molecule has 2 heterocycles. The molecule has 0 aliphatic carbocycles. The Labute approximate surface area is 115 Å². The van der Waals surface area contributed by atoms with Gasteiger partial charge in [0.1, 0.15) is 11.0 Å². The van der Waals surface area contributed by atoms with E-state index in [0.29, 0.717) is 11.6 Å². The average Bonchev–Trinajstić information content (AvgIpc) is 2.74. The van der Waals surface area contributed by atoms with Crippen LogP contribution in [0, 0.1) is 6.92 Å². The van der Waals surface area contributed by atoms with E-state index < -0.39 is 10.0 Å². The maximum absolute atomic E-state index is 12.3. The summed E-state index contributed by atoms with van der Waals surface area (Å²) >= 11 is 5.70. The lowest BCUT2D eigenvalue weighted by atomic mass is 10.5. The van der Waals surface area contributed by atoms with Gasteiger partial charge in [-0.15, -0.1) is 0 Å². The van der Waals surface area contributed by atoms with Crippen molar-refractivity contribution >= 4 is 21.6 Å². The second kappa shape index (κ2) is 5.24. The van der Waals surface area contributed by atoms with E-state index in [2.05, 4.69) is 20.2 Å². The maximum atomic E-state index is 12.3. The van der Waals surface area contributed by atoms with E-state index in [1.54, 1.807) is 6.92 Å². The van der Waals surface area contributed by atoms with Crippen LogP contribution in [-0.2, 0) is 16.6 Å². The Hall–Kier alpha value is -1.51. The fourth-order valence-corrected chi connectivity index (χ4v) is 2.85. The van der Waals surface area contributed by atoms with Gasteiger partial charge < -0.3 is 0 Å². The van der Waals surface area contributed by atoms with Crippen molar-refractivity contribution in [2.45, 2.75) is 18.4 Å². The van der Waals surface area contributed by atoms with Crippen LogP contribution in [0.15, 0.2) is 23.2 Å². The van der Waals surface area contributed by atoms with E-state index in [4.69, 9.17) is 11.6 Å². The lowest BCUT2D eigenvalue weighted by Gasteiger charge is -2.15. The second-order valence-electron chi connectivity index (χ2n) is 3.91. The number of hydrogen-bond donors (Lipinski definition) is 1. The number of aryl methyl sites for hydroxylation is 1. The van der Waals surface area contributed by atoms with Gasteiger partial charge in [-0.25, -0.2) is 18.4 Å². The van der Waals surface area contributed by atoms with Crippen LogP contribution in [0.4, 0.5) is 0 Å². The molecule has 0 aliphatic heterocycles. The van der Waals surface area contributed by atoms with Gasteiger partial charge in [0.15, 0.2) is 5.82 Å². The number of halogens is 1. The molecule has 0 bridgehead atoms. The molecule has 0 spiro atoms. The van der Waals surface area contributed by atoms with Crippen LogP contribution in [0.2, 0.25) is 5.15 Å². The third-order valence-electron chi connectivity index (χ3n) is 2.41. The summed E-state index contributed by atoms with van der Waals surface area (Å²) in [6, 6.07) is 2.69. The van der Waals surface area contributed by atoms with E-state index in [1.807, 2.05) is 0 Å². The van der Waals surface area contributed by atoms with Crippen molar-refractivity contribution < 1.29 is 8.42 Å².